The summed E-state index contributed by atoms with van der Waals surface area (Å²) in [5.74, 6) is 4.92. The molecule has 100 valence electrons. The number of hydrogen-bond acceptors (Lipinski definition) is 2. The molecule has 0 N–H and O–H groups in total. The van der Waals surface area contributed by atoms with Crippen LogP contribution in [0.5, 0.6) is 0 Å². The lowest BCUT2D eigenvalue weighted by molar-refractivity contribution is -0.0523. The van der Waals surface area contributed by atoms with Crippen molar-refractivity contribution in [2.45, 2.75) is 51.5 Å². The summed E-state index contributed by atoms with van der Waals surface area (Å²) in [7, 11) is 2.13. The van der Waals surface area contributed by atoms with Gasteiger partial charge in [-0.05, 0) is 82.6 Å². The van der Waals surface area contributed by atoms with E-state index in [0.29, 0.717) is 0 Å². The Morgan fingerprint density at radius 2 is 1.56 bits per heavy atom. The van der Waals surface area contributed by atoms with Gasteiger partial charge in [-0.1, -0.05) is 0 Å². The number of nitriles is 1. The first-order valence-corrected chi connectivity index (χ1v) is 7.62. The van der Waals surface area contributed by atoms with Crippen molar-refractivity contribution in [1.29, 1.82) is 5.26 Å². The maximum Gasteiger partial charge on any atom is 0.103 e. The normalized spacial score (nSPS) is 42.3. The van der Waals surface area contributed by atoms with Gasteiger partial charge in [-0.15, -0.1) is 0 Å². The Balaban J connectivity index is 1.69. The van der Waals surface area contributed by atoms with Gasteiger partial charge < -0.3 is 0 Å². The molecule has 0 aromatic rings. The fourth-order valence-electron chi connectivity index (χ4n) is 4.97. The van der Waals surface area contributed by atoms with E-state index in [2.05, 4.69) is 18.0 Å². The molecule has 0 aromatic heterocycles. The summed E-state index contributed by atoms with van der Waals surface area (Å²) in [6, 6.07) is 2.44. The molecule has 4 saturated carbocycles. The third-order valence-corrected chi connectivity index (χ3v) is 6.13. The molecule has 2 heteroatoms. The molecule has 4 fully saturated rings. The largest absolute Gasteiger partial charge is 0.289 e. The minimum absolute atomic E-state index is 0.311. The first kappa shape index (κ1) is 12.5. The fraction of sp³-hybridized carbons (Fsp3) is 0.938. The van der Waals surface area contributed by atoms with Crippen molar-refractivity contribution in [3.8, 4) is 6.07 Å². The van der Waals surface area contributed by atoms with Crippen LogP contribution in [-0.2, 0) is 0 Å². The molecule has 4 rings (SSSR count). The zero-order valence-electron chi connectivity index (χ0n) is 12.0. The molecule has 0 atom stereocenters. The van der Waals surface area contributed by atoms with Crippen LogP contribution in [0, 0.1) is 40.9 Å². The summed E-state index contributed by atoms with van der Waals surface area (Å²) >= 11 is 0. The first-order valence-electron chi connectivity index (χ1n) is 7.62. The van der Waals surface area contributed by atoms with E-state index in [0.717, 1.165) is 36.1 Å². The van der Waals surface area contributed by atoms with Crippen LogP contribution in [0.15, 0.2) is 0 Å². The molecule has 0 amide bonds. The van der Waals surface area contributed by atoms with Gasteiger partial charge in [0.2, 0.25) is 0 Å². The van der Waals surface area contributed by atoms with Gasteiger partial charge in [-0.2, -0.15) is 5.26 Å². The van der Waals surface area contributed by atoms with E-state index in [-0.39, 0.29) is 5.54 Å². The molecule has 4 aliphatic rings. The topological polar surface area (TPSA) is 27.0 Å². The van der Waals surface area contributed by atoms with Gasteiger partial charge in [0.05, 0.1) is 6.07 Å². The van der Waals surface area contributed by atoms with Gasteiger partial charge in [0, 0.05) is 6.54 Å². The minimum atomic E-state index is -0.311. The number of nitrogens with zero attached hydrogens (tertiary/aromatic N) is 2. The molecule has 0 aromatic carbocycles. The molecular formula is C16H26N2. The van der Waals surface area contributed by atoms with Gasteiger partial charge >= 0.3 is 0 Å². The summed E-state index contributed by atoms with van der Waals surface area (Å²) in [6.45, 7) is 5.22. The van der Waals surface area contributed by atoms with Crippen LogP contribution in [-0.4, -0.2) is 24.0 Å². The van der Waals surface area contributed by atoms with Crippen molar-refractivity contribution in [3.05, 3.63) is 0 Å². The first-order chi connectivity index (χ1) is 8.49. The second-order valence-electron chi connectivity index (χ2n) is 7.65. The summed E-state index contributed by atoms with van der Waals surface area (Å²) in [4.78, 5) is 2.29. The van der Waals surface area contributed by atoms with Crippen molar-refractivity contribution in [2.75, 3.05) is 13.6 Å². The van der Waals surface area contributed by atoms with Crippen molar-refractivity contribution in [2.24, 2.45) is 29.6 Å². The molecule has 0 heterocycles. The second kappa shape index (κ2) is 4.23. The van der Waals surface area contributed by atoms with Gasteiger partial charge in [-0.3, -0.25) is 4.90 Å². The Morgan fingerprint density at radius 1 is 1.06 bits per heavy atom. The van der Waals surface area contributed by atoms with Crippen LogP contribution in [0.2, 0.25) is 0 Å². The third kappa shape index (κ3) is 1.97. The number of rotatable bonds is 3. The van der Waals surface area contributed by atoms with Crippen LogP contribution >= 0.6 is 0 Å². The highest BCUT2D eigenvalue weighted by atomic mass is 15.2. The highest BCUT2D eigenvalue weighted by Crippen LogP contribution is 2.56. The molecule has 2 nitrogen and oxygen atoms in total. The maximum atomic E-state index is 9.25. The lowest BCUT2D eigenvalue weighted by atomic mass is 9.52. The smallest absolute Gasteiger partial charge is 0.103 e. The standard InChI is InChI=1S/C16H26N2/c1-16(2,10-17)18(3)9-15-13-5-11-4-12(7-13)8-14(15)6-11/h11-15H,4-9H2,1-3H3. The zero-order valence-corrected chi connectivity index (χ0v) is 12.0. The Kier molecular flexibility index (Phi) is 2.94. The monoisotopic (exact) mass is 246 g/mol. The Bertz CT molecular complexity index is 338. The molecule has 18 heavy (non-hydrogen) atoms. The highest BCUT2D eigenvalue weighted by Gasteiger charge is 2.48. The van der Waals surface area contributed by atoms with Crippen molar-refractivity contribution in [1.82, 2.24) is 4.90 Å². The van der Waals surface area contributed by atoms with E-state index in [1.54, 1.807) is 0 Å². The van der Waals surface area contributed by atoms with Crippen LogP contribution in [0.1, 0.15) is 46.0 Å². The van der Waals surface area contributed by atoms with E-state index >= 15 is 0 Å². The SMILES string of the molecule is CN(CC1C2CC3CC(C2)CC1C3)C(C)(C)C#N. The molecule has 0 saturated heterocycles. The predicted molar refractivity (Wildman–Crippen MR) is 72.9 cm³/mol. The molecule has 0 aliphatic heterocycles. The van der Waals surface area contributed by atoms with Gasteiger partial charge in [0.25, 0.3) is 0 Å². The van der Waals surface area contributed by atoms with Crippen LogP contribution in [0.4, 0.5) is 0 Å². The van der Waals surface area contributed by atoms with Crippen molar-refractivity contribution in [3.63, 3.8) is 0 Å². The molecule has 0 radical (unpaired) electrons. The van der Waals surface area contributed by atoms with Crippen molar-refractivity contribution >= 4 is 0 Å². The van der Waals surface area contributed by atoms with E-state index in [9.17, 15) is 5.26 Å². The van der Waals surface area contributed by atoms with Crippen LogP contribution in [0.25, 0.3) is 0 Å². The lowest BCUT2D eigenvalue weighted by Gasteiger charge is -2.55. The second-order valence-corrected chi connectivity index (χ2v) is 7.65. The molecule has 4 aliphatic carbocycles. The third-order valence-electron chi connectivity index (χ3n) is 6.13. The summed E-state index contributed by atoms with van der Waals surface area (Å²) < 4.78 is 0. The van der Waals surface area contributed by atoms with Gasteiger partial charge in [-0.25, -0.2) is 0 Å². The average molecular weight is 246 g/mol. The van der Waals surface area contributed by atoms with E-state index in [1.807, 2.05) is 13.8 Å². The minimum Gasteiger partial charge on any atom is -0.289 e. The molecular weight excluding hydrogens is 220 g/mol. The van der Waals surface area contributed by atoms with Gasteiger partial charge in [0.15, 0.2) is 0 Å². The van der Waals surface area contributed by atoms with E-state index < -0.39 is 0 Å². The molecule has 4 bridgehead atoms. The summed E-state index contributed by atoms with van der Waals surface area (Å²) in [5.41, 5.74) is -0.311. The average Bonchev–Trinajstić information content (AvgIpc) is 2.32. The zero-order chi connectivity index (χ0) is 12.9. The maximum absolute atomic E-state index is 9.25. The summed E-state index contributed by atoms with van der Waals surface area (Å²) in [6.07, 6.45) is 7.47. The fourth-order valence-corrected chi connectivity index (χ4v) is 4.97. The van der Waals surface area contributed by atoms with Crippen LogP contribution < -0.4 is 0 Å². The lowest BCUT2D eigenvalue weighted by Crippen LogP contribution is -2.51. The number of hydrogen-bond donors (Lipinski definition) is 0. The molecule has 0 spiro atoms. The van der Waals surface area contributed by atoms with Crippen LogP contribution in [0.3, 0.4) is 0 Å². The Labute approximate surface area is 111 Å². The predicted octanol–water partition coefficient (Wildman–Crippen LogP) is 3.29. The summed E-state index contributed by atoms with van der Waals surface area (Å²) in [5, 5.41) is 9.25. The molecule has 0 unspecified atom stereocenters. The quantitative estimate of drug-likeness (QED) is 0.764. The highest BCUT2D eigenvalue weighted by molar-refractivity contribution is 5.04. The Hall–Kier alpha value is -0.550. The van der Waals surface area contributed by atoms with Gasteiger partial charge in [0.1, 0.15) is 5.54 Å². The van der Waals surface area contributed by atoms with Crippen molar-refractivity contribution < 1.29 is 0 Å². The van der Waals surface area contributed by atoms with E-state index in [1.165, 1.54) is 32.1 Å². The van der Waals surface area contributed by atoms with E-state index in [4.69, 9.17) is 0 Å². The Morgan fingerprint density at radius 3 is 2.00 bits per heavy atom.